The number of alkyl halides is 3. The van der Waals surface area contributed by atoms with Crippen LogP contribution >= 0.6 is 11.3 Å². The van der Waals surface area contributed by atoms with E-state index < -0.39 is 44.5 Å². The number of aryl methyl sites for hydroxylation is 1. The monoisotopic (exact) mass is 846 g/mol. The lowest BCUT2D eigenvalue weighted by Gasteiger charge is -2.41. The molecule has 0 radical (unpaired) electrons. The van der Waals surface area contributed by atoms with Crippen LogP contribution in [0.5, 0.6) is 0 Å². The predicted octanol–water partition coefficient (Wildman–Crippen LogP) is 7.00. The zero-order valence-corrected chi connectivity index (χ0v) is 34.3. The highest BCUT2D eigenvalue weighted by molar-refractivity contribution is 7.91. The fourth-order valence-electron chi connectivity index (χ4n) is 7.44. The summed E-state index contributed by atoms with van der Waals surface area (Å²) in [6.07, 6.45) is -1.04. The Morgan fingerprint density at radius 3 is 2.29 bits per heavy atom. The second-order valence-corrected chi connectivity index (χ2v) is 18.1. The molecule has 2 aliphatic heterocycles. The Hall–Kier alpha value is -5.10. The first kappa shape index (κ1) is 43.5. The number of hydrogen-bond acceptors (Lipinski definition) is 9. The molecule has 0 saturated carbocycles. The topological polar surface area (TPSA) is 150 Å². The molecule has 2 saturated heterocycles. The number of aromatic nitrogens is 1. The van der Waals surface area contributed by atoms with Gasteiger partial charge in [-0.15, -0.1) is 11.3 Å². The van der Waals surface area contributed by atoms with Crippen LogP contribution < -0.4 is 11.1 Å². The van der Waals surface area contributed by atoms with Crippen molar-refractivity contribution in [1.82, 2.24) is 14.8 Å². The maximum Gasteiger partial charge on any atom is 0.407 e. The maximum atomic E-state index is 13.4. The number of carbonyl (C=O) groups excluding carboxylic acids is 2. The molecule has 16 heteroatoms. The van der Waals surface area contributed by atoms with E-state index >= 15 is 0 Å². The molecule has 0 spiro atoms. The average Bonchev–Trinajstić information content (AvgIpc) is 3.65. The summed E-state index contributed by atoms with van der Waals surface area (Å²) in [5, 5.41) is 12.9. The molecule has 2 fully saturated rings. The molecule has 59 heavy (non-hydrogen) atoms. The largest absolute Gasteiger partial charge is 0.407 e. The molecular formula is C43H45F3N6O5S2. The number of thiazole rings is 1. The number of nitrogens with two attached hydrogens (primary N) is 1. The Balaban J connectivity index is 0.940. The van der Waals surface area contributed by atoms with Crippen LogP contribution in [-0.4, -0.2) is 83.7 Å². The molecule has 11 nitrogen and oxygen atoms in total. The van der Waals surface area contributed by atoms with E-state index in [-0.39, 0.29) is 34.9 Å². The molecule has 4 N–H and O–H groups in total. The Morgan fingerprint density at radius 1 is 1.03 bits per heavy atom. The molecule has 2 aliphatic rings. The second-order valence-electron chi connectivity index (χ2n) is 15.2. The van der Waals surface area contributed by atoms with Gasteiger partial charge in [0.25, 0.3) is 5.91 Å². The quantitative estimate of drug-likeness (QED) is 0.114. The zero-order chi connectivity index (χ0) is 42.5. The fraction of sp³-hybridized carbons (Fsp3) is 0.395. The molecule has 1 unspecified atom stereocenters. The molecule has 0 aliphatic carbocycles. The first-order chi connectivity index (χ1) is 27.9. The molecule has 2 atom stereocenters. The van der Waals surface area contributed by atoms with Crippen LogP contribution in [0.1, 0.15) is 67.5 Å². The van der Waals surface area contributed by atoms with Crippen LogP contribution in [0.15, 0.2) is 77.1 Å². The van der Waals surface area contributed by atoms with Crippen molar-refractivity contribution in [2.45, 2.75) is 74.7 Å². The van der Waals surface area contributed by atoms with E-state index in [9.17, 15) is 36.3 Å². The van der Waals surface area contributed by atoms with E-state index in [4.69, 9.17) is 12.3 Å². The minimum atomic E-state index is -4.86. The van der Waals surface area contributed by atoms with Crippen molar-refractivity contribution in [2.75, 3.05) is 37.2 Å². The van der Waals surface area contributed by atoms with Gasteiger partial charge in [0.15, 0.2) is 21.1 Å². The van der Waals surface area contributed by atoms with Gasteiger partial charge in [0, 0.05) is 48.8 Å². The Labute approximate surface area is 346 Å². The number of nitrogens with one attached hydrogen (secondary N) is 1. The molecule has 3 aromatic carbocycles. The summed E-state index contributed by atoms with van der Waals surface area (Å²) in [7, 11) is -4.21. The van der Waals surface area contributed by atoms with Gasteiger partial charge >= 0.3 is 6.18 Å². The van der Waals surface area contributed by atoms with Crippen molar-refractivity contribution in [3.05, 3.63) is 106 Å². The number of carbonyl (C=O) groups is 2. The van der Waals surface area contributed by atoms with E-state index in [1.807, 2.05) is 41.6 Å². The first-order valence-corrected chi connectivity index (χ1v) is 21.7. The van der Waals surface area contributed by atoms with Gasteiger partial charge in [-0.2, -0.15) is 13.2 Å². The minimum absolute atomic E-state index is 0.0719. The minimum Gasteiger partial charge on any atom is -0.379 e. The third-order valence-corrected chi connectivity index (χ3v) is 13.8. The van der Waals surface area contributed by atoms with Gasteiger partial charge in [0.1, 0.15) is 0 Å². The van der Waals surface area contributed by atoms with Crippen molar-refractivity contribution < 1.29 is 36.3 Å². The number of anilines is 1. The highest BCUT2D eigenvalue weighted by Crippen LogP contribution is 2.38. The van der Waals surface area contributed by atoms with Crippen LogP contribution in [-0.2, 0) is 25.6 Å². The number of likely N-dealkylation sites (tertiary alicyclic amines) is 2. The predicted molar refractivity (Wildman–Crippen MR) is 220 cm³/mol. The van der Waals surface area contributed by atoms with Crippen LogP contribution in [0.2, 0.25) is 0 Å². The van der Waals surface area contributed by atoms with Crippen molar-refractivity contribution in [3.63, 3.8) is 0 Å². The first-order valence-electron chi connectivity index (χ1n) is 19.2. The maximum absolute atomic E-state index is 13.4. The molecule has 2 amide bonds. The Bertz CT molecular complexity index is 2370. The SMILES string of the molecule is [C-]#[N+]c1ccc(NC(=O)C(C)(O)CS(=O)(=O)c2ccc(C#CC3CCN(C4CCN(C(=O)C[C@H](N)c5ccc(-c6scnc6C)cc5)CC4)CC3)cc2)cc1C(F)(F)F. The molecule has 1 aromatic heterocycles. The molecule has 4 aromatic rings. The number of rotatable bonds is 10. The Kier molecular flexibility index (Phi) is 13.3. The molecule has 3 heterocycles. The third kappa shape index (κ3) is 10.8. The number of aliphatic hydroxyl groups is 1. The highest BCUT2D eigenvalue weighted by atomic mass is 32.2. The van der Waals surface area contributed by atoms with Gasteiger partial charge in [-0.3, -0.25) is 9.59 Å². The van der Waals surface area contributed by atoms with Crippen molar-refractivity contribution in [2.24, 2.45) is 11.7 Å². The lowest BCUT2D eigenvalue weighted by molar-refractivity contribution is -0.137. The van der Waals surface area contributed by atoms with Gasteiger partial charge in [-0.05, 0) is 100 Å². The van der Waals surface area contributed by atoms with Gasteiger partial charge in [-0.1, -0.05) is 42.2 Å². The van der Waals surface area contributed by atoms with Gasteiger partial charge in [0.05, 0.1) is 38.9 Å². The lowest BCUT2D eigenvalue weighted by atomic mass is 9.93. The number of hydrogen-bond donors (Lipinski definition) is 3. The molecular weight excluding hydrogens is 802 g/mol. The van der Waals surface area contributed by atoms with Crippen LogP contribution in [0.25, 0.3) is 15.3 Å². The molecule has 310 valence electrons. The van der Waals surface area contributed by atoms with E-state index in [0.29, 0.717) is 30.8 Å². The summed E-state index contributed by atoms with van der Waals surface area (Å²) in [4.78, 5) is 38.5. The van der Waals surface area contributed by atoms with E-state index in [0.717, 1.165) is 79.5 Å². The second kappa shape index (κ2) is 18.0. The summed E-state index contributed by atoms with van der Waals surface area (Å²) in [6.45, 7) is 13.1. The van der Waals surface area contributed by atoms with Gasteiger partial charge < -0.3 is 26.0 Å². The normalized spacial score (nSPS) is 17.3. The van der Waals surface area contributed by atoms with Crippen molar-refractivity contribution in [1.29, 1.82) is 0 Å². The summed E-state index contributed by atoms with van der Waals surface area (Å²) < 4.78 is 66.4. The molecule has 0 bridgehead atoms. The van der Waals surface area contributed by atoms with E-state index in [2.05, 4.69) is 31.9 Å². The Morgan fingerprint density at radius 2 is 1.69 bits per heavy atom. The smallest absolute Gasteiger partial charge is 0.379 e. The number of sulfone groups is 1. The summed E-state index contributed by atoms with van der Waals surface area (Å²) in [5.41, 5.74) is 7.12. The van der Waals surface area contributed by atoms with Gasteiger partial charge in [-0.25, -0.2) is 18.2 Å². The van der Waals surface area contributed by atoms with Crippen LogP contribution in [0.3, 0.4) is 0 Å². The molecule has 6 rings (SSSR count). The number of halogens is 3. The van der Waals surface area contributed by atoms with Crippen molar-refractivity contribution >= 4 is 44.4 Å². The number of amides is 2. The van der Waals surface area contributed by atoms with E-state index in [1.54, 1.807) is 23.5 Å². The fourth-order valence-corrected chi connectivity index (χ4v) is 9.84. The van der Waals surface area contributed by atoms with Crippen molar-refractivity contribution in [3.8, 4) is 22.3 Å². The number of benzene rings is 3. The summed E-state index contributed by atoms with van der Waals surface area (Å²) >= 11 is 1.60. The highest BCUT2D eigenvalue weighted by Gasteiger charge is 2.38. The lowest BCUT2D eigenvalue weighted by Crippen LogP contribution is -2.49. The van der Waals surface area contributed by atoms with E-state index in [1.165, 1.54) is 12.1 Å². The van der Waals surface area contributed by atoms with Crippen LogP contribution in [0, 0.1) is 31.3 Å². The standard InChI is InChI=1S/C43H45F3N6O5S2/c1-28-40(58-27-49-28)32-10-8-31(9-11-32)37(47)25-39(53)52-22-18-34(19-23-52)51-20-16-30(17-21-51)5-4-29-6-13-35(14-7-29)59(56,57)26-42(2,55)41(54)50-33-12-15-38(48-3)36(24-33)43(44,45)46/h6-15,24,27,30,34,37,55H,16-23,25-26,47H2,1-2H3,(H,50,54)/t37-,42?/m0/s1. The zero-order valence-electron chi connectivity index (χ0n) is 32.6. The number of piperidine rings is 2. The van der Waals surface area contributed by atoms with Gasteiger partial charge in [0.2, 0.25) is 5.91 Å². The summed E-state index contributed by atoms with van der Waals surface area (Å²) in [6, 6.07) is 16.3. The number of nitrogens with zero attached hydrogens (tertiary/aromatic N) is 4. The van der Waals surface area contributed by atoms with Crippen LogP contribution in [0.4, 0.5) is 24.5 Å². The average molecular weight is 847 g/mol. The third-order valence-electron chi connectivity index (χ3n) is 10.9. The summed E-state index contributed by atoms with van der Waals surface area (Å²) in [5.74, 6) is 4.42.